The van der Waals surface area contributed by atoms with E-state index < -0.39 is 0 Å². The summed E-state index contributed by atoms with van der Waals surface area (Å²) in [4.78, 5) is 32.0. The van der Waals surface area contributed by atoms with E-state index in [1.807, 2.05) is 61.5 Å². The first kappa shape index (κ1) is 20.5. The van der Waals surface area contributed by atoms with Crippen molar-refractivity contribution in [2.75, 3.05) is 5.32 Å². The van der Waals surface area contributed by atoms with Crippen LogP contribution in [0.3, 0.4) is 0 Å². The molecule has 1 aromatic heterocycles. The average molecular weight is 412 g/mol. The summed E-state index contributed by atoms with van der Waals surface area (Å²) < 4.78 is 0. The van der Waals surface area contributed by atoms with Gasteiger partial charge in [-0.15, -0.1) is 0 Å². The zero-order valence-corrected chi connectivity index (χ0v) is 17.9. The summed E-state index contributed by atoms with van der Waals surface area (Å²) in [5, 5.41) is 3.22. The van der Waals surface area contributed by atoms with E-state index in [9.17, 15) is 9.59 Å². The zero-order valence-electron chi connectivity index (χ0n) is 17.9. The highest BCUT2D eigenvalue weighted by molar-refractivity contribution is 6.36. The number of imide groups is 1. The molecule has 1 N–H and O–H groups in total. The fourth-order valence-electron chi connectivity index (χ4n) is 3.59. The summed E-state index contributed by atoms with van der Waals surface area (Å²) in [5.41, 5.74) is 5.29. The van der Waals surface area contributed by atoms with Gasteiger partial charge >= 0.3 is 0 Å². The Morgan fingerprint density at radius 3 is 2.26 bits per heavy atom. The van der Waals surface area contributed by atoms with Crippen molar-refractivity contribution in [3.63, 3.8) is 0 Å². The SMILES string of the molecule is Cc1ccc(C2=C(Nc3ccc(C(C)C)cc3)C(=O)N(Cc3cccnc3)C2=O)cc1. The van der Waals surface area contributed by atoms with Gasteiger partial charge in [0.15, 0.2) is 0 Å². The number of nitrogens with zero attached hydrogens (tertiary/aromatic N) is 2. The Morgan fingerprint density at radius 1 is 0.935 bits per heavy atom. The minimum Gasteiger partial charge on any atom is -0.350 e. The van der Waals surface area contributed by atoms with E-state index in [1.54, 1.807) is 18.5 Å². The van der Waals surface area contributed by atoms with Crippen LogP contribution in [0.25, 0.3) is 5.57 Å². The maximum atomic E-state index is 13.3. The maximum Gasteiger partial charge on any atom is 0.278 e. The summed E-state index contributed by atoms with van der Waals surface area (Å²) in [6, 6.07) is 19.3. The maximum absolute atomic E-state index is 13.3. The molecule has 2 heterocycles. The van der Waals surface area contributed by atoms with E-state index in [2.05, 4.69) is 24.1 Å². The van der Waals surface area contributed by atoms with Gasteiger partial charge in [-0.2, -0.15) is 0 Å². The van der Waals surface area contributed by atoms with Gasteiger partial charge < -0.3 is 5.32 Å². The van der Waals surface area contributed by atoms with Gasteiger partial charge in [0, 0.05) is 18.1 Å². The van der Waals surface area contributed by atoms with Crippen molar-refractivity contribution >= 4 is 23.1 Å². The third-order valence-corrected chi connectivity index (χ3v) is 5.42. The number of benzene rings is 2. The molecule has 0 saturated heterocycles. The summed E-state index contributed by atoms with van der Waals surface area (Å²) in [6.07, 6.45) is 3.34. The number of rotatable bonds is 6. The number of carbonyl (C=O) groups excluding carboxylic acids is 2. The molecule has 0 atom stereocenters. The lowest BCUT2D eigenvalue weighted by Crippen LogP contribution is -2.32. The van der Waals surface area contributed by atoms with Gasteiger partial charge in [-0.3, -0.25) is 19.5 Å². The minimum atomic E-state index is -0.336. The molecular weight excluding hydrogens is 386 g/mol. The highest BCUT2D eigenvalue weighted by Crippen LogP contribution is 2.32. The van der Waals surface area contributed by atoms with Crippen LogP contribution < -0.4 is 5.32 Å². The van der Waals surface area contributed by atoms with Crippen LogP contribution in [0, 0.1) is 6.92 Å². The Bertz CT molecular complexity index is 1130. The third kappa shape index (κ3) is 4.26. The number of hydrogen-bond acceptors (Lipinski definition) is 4. The molecule has 0 fully saturated rings. The molecule has 0 saturated carbocycles. The lowest BCUT2D eigenvalue weighted by Gasteiger charge is -2.15. The van der Waals surface area contributed by atoms with E-state index in [0.717, 1.165) is 22.4 Å². The number of amides is 2. The van der Waals surface area contributed by atoms with Crippen LogP contribution in [0.5, 0.6) is 0 Å². The van der Waals surface area contributed by atoms with E-state index in [1.165, 1.54) is 10.5 Å². The summed E-state index contributed by atoms with van der Waals surface area (Å²) >= 11 is 0. The third-order valence-electron chi connectivity index (χ3n) is 5.42. The van der Waals surface area contributed by atoms with Crippen LogP contribution in [0.15, 0.2) is 78.8 Å². The molecule has 31 heavy (non-hydrogen) atoms. The second-order valence-electron chi connectivity index (χ2n) is 8.08. The lowest BCUT2D eigenvalue weighted by molar-refractivity contribution is -0.137. The van der Waals surface area contributed by atoms with Crippen molar-refractivity contribution in [1.82, 2.24) is 9.88 Å². The van der Waals surface area contributed by atoms with Gasteiger partial charge in [0.2, 0.25) is 0 Å². The van der Waals surface area contributed by atoms with Crippen molar-refractivity contribution in [2.24, 2.45) is 0 Å². The fourth-order valence-corrected chi connectivity index (χ4v) is 3.59. The highest BCUT2D eigenvalue weighted by Gasteiger charge is 2.39. The standard InChI is InChI=1S/C26H25N3O2/c1-17(2)20-10-12-22(13-11-20)28-24-23(21-8-6-18(3)7-9-21)25(30)29(26(24)31)16-19-5-4-14-27-15-19/h4-15,17,28H,16H2,1-3H3. The molecule has 0 unspecified atom stereocenters. The Morgan fingerprint density at radius 2 is 1.65 bits per heavy atom. The highest BCUT2D eigenvalue weighted by atomic mass is 16.2. The second-order valence-corrected chi connectivity index (χ2v) is 8.08. The molecule has 0 bridgehead atoms. The molecule has 1 aliphatic rings. The van der Waals surface area contributed by atoms with Crippen molar-refractivity contribution < 1.29 is 9.59 Å². The predicted molar refractivity (Wildman–Crippen MR) is 122 cm³/mol. The number of pyridine rings is 1. The number of carbonyl (C=O) groups is 2. The van der Waals surface area contributed by atoms with Gasteiger partial charge in [0.05, 0.1) is 12.1 Å². The number of nitrogens with one attached hydrogen (secondary N) is 1. The van der Waals surface area contributed by atoms with Crippen molar-refractivity contribution in [3.8, 4) is 0 Å². The minimum absolute atomic E-state index is 0.179. The van der Waals surface area contributed by atoms with Crippen molar-refractivity contribution in [1.29, 1.82) is 0 Å². The smallest absolute Gasteiger partial charge is 0.278 e. The fraction of sp³-hybridized carbons (Fsp3) is 0.192. The van der Waals surface area contributed by atoms with E-state index in [-0.39, 0.29) is 18.4 Å². The van der Waals surface area contributed by atoms with Crippen LogP contribution >= 0.6 is 0 Å². The summed E-state index contributed by atoms with van der Waals surface area (Å²) in [5.74, 6) is -0.225. The molecule has 4 rings (SSSR count). The molecule has 1 aliphatic heterocycles. The Balaban J connectivity index is 1.71. The lowest BCUT2D eigenvalue weighted by atomic mass is 10.0. The number of aryl methyl sites for hydroxylation is 1. The quantitative estimate of drug-likeness (QED) is 0.586. The topological polar surface area (TPSA) is 62.3 Å². The first-order chi connectivity index (χ1) is 14.9. The molecule has 0 aliphatic carbocycles. The molecule has 5 heteroatoms. The second kappa shape index (κ2) is 8.56. The molecule has 5 nitrogen and oxygen atoms in total. The Labute approximate surface area is 182 Å². The molecule has 2 amide bonds. The van der Waals surface area contributed by atoms with Crippen molar-refractivity contribution in [3.05, 3.63) is 101 Å². The largest absolute Gasteiger partial charge is 0.350 e. The van der Waals surface area contributed by atoms with Crippen LogP contribution in [0.2, 0.25) is 0 Å². The molecule has 0 radical (unpaired) electrons. The predicted octanol–water partition coefficient (Wildman–Crippen LogP) is 4.91. The van der Waals surface area contributed by atoms with Gasteiger partial charge in [0.25, 0.3) is 11.8 Å². The molecule has 156 valence electrons. The molecule has 0 spiro atoms. The van der Waals surface area contributed by atoms with Crippen LogP contribution in [-0.2, 0) is 16.1 Å². The van der Waals surface area contributed by atoms with Gasteiger partial charge in [-0.1, -0.05) is 61.9 Å². The molecule has 3 aromatic rings. The van der Waals surface area contributed by atoms with Crippen LogP contribution in [0.1, 0.15) is 42.0 Å². The molecular formula is C26H25N3O2. The zero-order chi connectivity index (χ0) is 22.0. The van der Waals surface area contributed by atoms with Crippen LogP contribution in [-0.4, -0.2) is 21.7 Å². The van der Waals surface area contributed by atoms with Crippen LogP contribution in [0.4, 0.5) is 5.69 Å². The first-order valence-electron chi connectivity index (χ1n) is 10.4. The Hall–Kier alpha value is -3.73. The number of hydrogen-bond donors (Lipinski definition) is 1. The van der Waals surface area contributed by atoms with Gasteiger partial charge in [-0.25, -0.2) is 0 Å². The van der Waals surface area contributed by atoms with E-state index in [4.69, 9.17) is 0 Å². The summed E-state index contributed by atoms with van der Waals surface area (Å²) in [7, 11) is 0. The monoisotopic (exact) mass is 411 g/mol. The van der Waals surface area contributed by atoms with Gasteiger partial charge in [-0.05, 0) is 47.7 Å². The number of aromatic nitrogens is 1. The Kier molecular flexibility index (Phi) is 5.67. The first-order valence-corrected chi connectivity index (χ1v) is 10.4. The molecule has 2 aromatic carbocycles. The number of anilines is 1. The normalized spacial score (nSPS) is 14.0. The average Bonchev–Trinajstić information content (AvgIpc) is 3.00. The summed E-state index contributed by atoms with van der Waals surface area (Å²) in [6.45, 7) is 6.44. The van der Waals surface area contributed by atoms with E-state index >= 15 is 0 Å². The van der Waals surface area contributed by atoms with E-state index in [0.29, 0.717) is 17.2 Å². The van der Waals surface area contributed by atoms with Gasteiger partial charge in [0.1, 0.15) is 5.70 Å². The van der Waals surface area contributed by atoms with Crippen molar-refractivity contribution in [2.45, 2.75) is 33.2 Å².